The van der Waals surface area contributed by atoms with Gasteiger partial charge in [0.2, 0.25) is 5.91 Å². The van der Waals surface area contributed by atoms with E-state index < -0.39 is 0 Å². The highest BCUT2D eigenvalue weighted by atomic mass is 16.2. The summed E-state index contributed by atoms with van der Waals surface area (Å²) < 4.78 is 0. The van der Waals surface area contributed by atoms with Crippen molar-refractivity contribution in [3.63, 3.8) is 0 Å². The Morgan fingerprint density at radius 3 is 2.62 bits per heavy atom. The van der Waals surface area contributed by atoms with Crippen molar-refractivity contribution in [1.82, 2.24) is 9.80 Å². The minimum Gasteiger partial charge on any atom is -0.332 e. The van der Waals surface area contributed by atoms with E-state index in [4.69, 9.17) is 0 Å². The minimum atomic E-state index is -0.0638. The van der Waals surface area contributed by atoms with Crippen LogP contribution in [-0.4, -0.2) is 41.2 Å². The van der Waals surface area contributed by atoms with Crippen LogP contribution in [0.3, 0.4) is 0 Å². The molecule has 1 fully saturated rings. The third-order valence-corrected chi connectivity index (χ3v) is 5.04. The summed E-state index contributed by atoms with van der Waals surface area (Å²) in [5, 5.41) is 0. The molecule has 2 heterocycles. The molecule has 1 saturated heterocycles. The van der Waals surface area contributed by atoms with Gasteiger partial charge in [0.05, 0.1) is 6.04 Å². The SMILES string of the molecule is Cc1ccc(C(=O)N2CC(=O)N3CCc4ccccc4[C@@H]3C2)cc1. The summed E-state index contributed by atoms with van der Waals surface area (Å²) in [5.41, 5.74) is 4.23. The molecule has 0 radical (unpaired) electrons. The van der Waals surface area contributed by atoms with Crippen LogP contribution in [0.4, 0.5) is 0 Å². The number of aryl methyl sites for hydroxylation is 1. The first kappa shape index (κ1) is 14.9. The summed E-state index contributed by atoms with van der Waals surface area (Å²) in [6.45, 7) is 3.48. The normalized spacial score (nSPS) is 19.7. The van der Waals surface area contributed by atoms with Gasteiger partial charge in [-0.1, -0.05) is 42.0 Å². The average molecular weight is 320 g/mol. The summed E-state index contributed by atoms with van der Waals surface area (Å²) in [5.74, 6) is -0.0210. The molecule has 2 aliphatic heterocycles. The minimum absolute atomic E-state index is 0.0226. The average Bonchev–Trinajstić information content (AvgIpc) is 2.61. The molecule has 4 nitrogen and oxygen atoms in total. The Kier molecular flexibility index (Phi) is 3.60. The van der Waals surface area contributed by atoms with Crippen LogP contribution < -0.4 is 0 Å². The molecule has 0 aromatic heterocycles. The second kappa shape index (κ2) is 5.78. The lowest BCUT2D eigenvalue weighted by atomic mass is 9.90. The summed E-state index contributed by atoms with van der Waals surface area (Å²) in [7, 11) is 0. The largest absolute Gasteiger partial charge is 0.332 e. The van der Waals surface area contributed by atoms with Crippen LogP contribution in [0, 0.1) is 6.92 Å². The van der Waals surface area contributed by atoms with Gasteiger partial charge in [0.1, 0.15) is 6.54 Å². The van der Waals surface area contributed by atoms with Crippen molar-refractivity contribution < 1.29 is 9.59 Å². The van der Waals surface area contributed by atoms with Crippen LogP contribution >= 0.6 is 0 Å². The quantitative estimate of drug-likeness (QED) is 0.810. The zero-order valence-corrected chi connectivity index (χ0v) is 13.7. The number of carbonyl (C=O) groups excluding carboxylic acids is 2. The van der Waals surface area contributed by atoms with E-state index in [-0.39, 0.29) is 24.4 Å². The number of benzene rings is 2. The summed E-state index contributed by atoms with van der Waals surface area (Å²) >= 11 is 0. The fourth-order valence-electron chi connectivity index (χ4n) is 3.71. The van der Waals surface area contributed by atoms with Crippen LogP contribution in [0.5, 0.6) is 0 Å². The first-order valence-corrected chi connectivity index (χ1v) is 8.37. The predicted octanol–water partition coefficient (Wildman–Crippen LogP) is 2.58. The third-order valence-electron chi connectivity index (χ3n) is 5.04. The maximum atomic E-state index is 12.8. The molecular formula is C20H20N2O2. The number of rotatable bonds is 1. The molecule has 4 rings (SSSR count). The molecule has 0 spiro atoms. The Balaban J connectivity index is 1.63. The molecule has 2 amide bonds. The Morgan fingerprint density at radius 2 is 1.83 bits per heavy atom. The van der Waals surface area contributed by atoms with Gasteiger partial charge in [0, 0.05) is 18.7 Å². The zero-order valence-electron chi connectivity index (χ0n) is 13.7. The predicted molar refractivity (Wildman–Crippen MR) is 91.7 cm³/mol. The summed E-state index contributed by atoms with van der Waals surface area (Å²) in [6, 6.07) is 15.8. The topological polar surface area (TPSA) is 40.6 Å². The highest BCUT2D eigenvalue weighted by Gasteiger charge is 2.38. The van der Waals surface area contributed by atoms with Gasteiger partial charge in [-0.15, -0.1) is 0 Å². The van der Waals surface area contributed by atoms with Crippen LogP contribution in [0.1, 0.15) is 33.1 Å². The van der Waals surface area contributed by atoms with Gasteiger partial charge in [0.15, 0.2) is 0 Å². The van der Waals surface area contributed by atoms with Crippen LogP contribution in [-0.2, 0) is 11.2 Å². The maximum Gasteiger partial charge on any atom is 0.254 e. The van der Waals surface area contributed by atoms with Crippen molar-refractivity contribution in [2.75, 3.05) is 19.6 Å². The third kappa shape index (κ3) is 2.48. The molecule has 2 aliphatic rings. The lowest BCUT2D eigenvalue weighted by molar-refractivity contribution is -0.139. The number of hydrogen-bond donors (Lipinski definition) is 0. The fourth-order valence-corrected chi connectivity index (χ4v) is 3.71. The smallest absolute Gasteiger partial charge is 0.254 e. The van der Waals surface area contributed by atoms with E-state index in [9.17, 15) is 9.59 Å². The van der Waals surface area contributed by atoms with Crippen LogP contribution in [0.25, 0.3) is 0 Å². The van der Waals surface area contributed by atoms with Gasteiger partial charge in [-0.3, -0.25) is 9.59 Å². The molecule has 24 heavy (non-hydrogen) atoms. The second-order valence-electron chi connectivity index (χ2n) is 6.60. The molecule has 1 atom stereocenters. The van der Waals surface area contributed by atoms with Gasteiger partial charge in [-0.2, -0.15) is 0 Å². The van der Waals surface area contributed by atoms with E-state index in [1.807, 2.05) is 48.2 Å². The number of amides is 2. The van der Waals surface area contributed by atoms with Crippen molar-refractivity contribution in [3.05, 3.63) is 70.8 Å². The van der Waals surface area contributed by atoms with Gasteiger partial charge >= 0.3 is 0 Å². The molecular weight excluding hydrogens is 300 g/mol. The monoisotopic (exact) mass is 320 g/mol. The van der Waals surface area contributed by atoms with E-state index in [2.05, 4.69) is 12.1 Å². The highest BCUT2D eigenvalue weighted by molar-refractivity contribution is 5.97. The van der Waals surface area contributed by atoms with Crippen molar-refractivity contribution in [2.24, 2.45) is 0 Å². The van der Waals surface area contributed by atoms with E-state index in [0.29, 0.717) is 12.1 Å². The number of hydrogen-bond acceptors (Lipinski definition) is 2. The molecule has 122 valence electrons. The van der Waals surface area contributed by atoms with Crippen molar-refractivity contribution in [1.29, 1.82) is 0 Å². The van der Waals surface area contributed by atoms with Crippen LogP contribution in [0.2, 0.25) is 0 Å². The Labute approximate surface area is 141 Å². The Hall–Kier alpha value is -2.62. The Morgan fingerprint density at radius 1 is 1.08 bits per heavy atom. The molecule has 0 aliphatic carbocycles. The summed E-state index contributed by atoms with van der Waals surface area (Å²) in [6.07, 6.45) is 0.893. The highest BCUT2D eigenvalue weighted by Crippen LogP contribution is 2.33. The maximum absolute atomic E-state index is 12.8. The van der Waals surface area contributed by atoms with Gasteiger partial charge in [-0.05, 0) is 36.6 Å². The first-order valence-electron chi connectivity index (χ1n) is 8.37. The Bertz CT molecular complexity index is 798. The number of carbonyl (C=O) groups is 2. The van der Waals surface area contributed by atoms with E-state index >= 15 is 0 Å². The lowest BCUT2D eigenvalue weighted by Gasteiger charge is -2.44. The first-order chi connectivity index (χ1) is 11.6. The number of piperazine rings is 1. The van der Waals surface area contributed by atoms with E-state index in [0.717, 1.165) is 18.5 Å². The van der Waals surface area contributed by atoms with Crippen molar-refractivity contribution in [3.8, 4) is 0 Å². The number of fused-ring (bicyclic) bond motifs is 3. The molecule has 2 aromatic rings. The van der Waals surface area contributed by atoms with E-state index in [1.54, 1.807) is 4.90 Å². The molecule has 0 bridgehead atoms. The molecule has 4 heteroatoms. The fraction of sp³-hybridized carbons (Fsp3) is 0.300. The number of nitrogens with zero attached hydrogens (tertiary/aromatic N) is 2. The van der Waals surface area contributed by atoms with Crippen LogP contribution in [0.15, 0.2) is 48.5 Å². The molecule has 2 aromatic carbocycles. The molecule has 0 N–H and O–H groups in total. The summed E-state index contributed by atoms with van der Waals surface area (Å²) in [4.78, 5) is 29.0. The van der Waals surface area contributed by atoms with Gasteiger partial charge in [-0.25, -0.2) is 0 Å². The van der Waals surface area contributed by atoms with Gasteiger partial charge < -0.3 is 9.80 Å². The zero-order chi connectivity index (χ0) is 16.7. The van der Waals surface area contributed by atoms with Crippen molar-refractivity contribution in [2.45, 2.75) is 19.4 Å². The second-order valence-corrected chi connectivity index (χ2v) is 6.60. The van der Waals surface area contributed by atoms with Gasteiger partial charge in [0.25, 0.3) is 5.91 Å². The lowest BCUT2D eigenvalue weighted by Crippen LogP contribution is -2.55. The standard InChI is InChI=1S/C20H20N2O2/c1-14-6-8-16(9-7-14)20(24)21-12-18-17-5-3-2-4-15(17)10-11-22(18)19(23)13-21/h2-9,18H,10-13H2,1H3/t18-/m0/s1. The molecule has 0 unspecified atom stereocenters. The van der Waals surface area contributed by atoms with Crippen molar-refractivity contribution >= 4 is 11.8 Å². The molecule has 0 saturated carbocycles. The van der Waals surface area contributed by atoms with E-state index in [1.165, 1.54) is 11.1 Å².